The second-order valence-corrected chi connectivity index (χ2v) is 7.99. The predicted octanol–water partition coefficient (Wildman–Crippen LogP) is 6.54. The maximum Gasteiger partial charge on any atom is 0.0445 e. The Labute approximate surface area is 154 Å². The highest BCUT2D eigenvalue weighted by molar-refractivity contribution is 5.34. The van der Waals surface area contributed by atoms with Crippen LogP contribution in [0.3, 0.4) is 0 Å². The molecule has 0 aliphatic heterocycles. The maximum atomic E-state index is 4.32. The molecule has 1 N–H and O–H groups in total. The van der Waals surface area contributed by atoms with Gasteiger partial charge in [0, 0.05) is 17.7 Å². The molecule has 1 nitrogen and oxygen atoms in total. The number of hydrogen-bond acceptors (Lipinski definition) is 1. The standard InChI is InChI=1S/C24H35N/c1-7-20-9-8-10-22(16-20)21-11-13-23(14-12-21)25-24(18(4)5)19(6)15-17(2)3/h8-11,13,16-17,21,23,25H,6-7,12,14-15H2,1-5H3. The fourth-order valence-electron chi connectivity index (χ4n) is 3.64. The van der Waals surface area contributed by atoms with Gasteiger partial charge in [-0.05, 0) is 62.1 Å². The average molecular weight is 338 g/mol. The van der Waals surface area contributed by atoms with E-state index in [9.17, 15) is 0 Å². The molecular weight excluding hydrogens is 302 g/mol. The molecule has 1 aromatic carbocycles. The van der Waals surface area contributed by atoms with E-state index in [1.807, 2.05) is 0 Å². The molecule has 0 bridgehead atoms. The molecule has 0 saturated heterocycles. The van der Waals surface area contributed by atoms with Crippen LogP contribution < -0.4 is 5.32 Å². The minimum absolute atomic E-state index is 0.416. The van der Waals surface area contributed by atoms with Crippen LogP contribution in [0.15, 0.2) is 59.8 Å². The van der Waals surface area contributed by atoms with Crippen LogP contribution in [0.4, 0.5) is 0 Å². The van der Waals surface area contributed by atoms with Gasteiger partial charge in [0.1, 0.15) is 0 Å². The first-order chi connectivity index (χ1) is 11.9. The molecule has 0 saturated carbocycles. The van der Waals surface area contributed by atoms with Gasteiger partial charge in [0.05, 0.1) is 0 Å². The Morgan fingerprint density at radius 3 is 2.52 bits per heavy atom. The number of benzene rings is 1. The normalized spacial score (nSPS) is 19.8. The molecule has 2 rings (SSSR count). The quantitative estimate of drug-likeness (QED) is 0.440. The first-order valence-electron chi connectivity index (χ1n) is 9.80. The van der Waals surface area contributed by atoms with Crippen LogP contribution in [-0.2, 0) is 6.42 Å². The smallest absolute Gasteiger partial charge is 0.0445 e. The molecule has 25 heavy (non-hydrogen) atoms. The van der Waals surface area contributed by atoms with E-state index in [2.05, 4.69) is 82.9 Å². The number of allylic oxidation sites excluding steroid dienone is 3. The molecule has 1 heteroatoms. The van der Waals surface area contributed by atoms with Crippen LogP contribution in [0, 0.1) is 5.92 Å². The molecule has 2 unspecified atom stereocenters. The SMILES string of the molecule is C=C(CC(C)C)C(NC1C=CC(c2cccc(CC)c2)CC1)=C(C)C. The summed E-state index contributed by atoms with van der Waals surface area (Å²) in [5, 5.41) is 3.75. The van der Waals surface area contributed by atoms with Gasteiger partial charge in [0.25, 0.3) is 0 Å². The van der Waals surface area contributed by atoms with Gasteiger partial charge < -0.3 is 5.32 Å². The van der Waals surface area contributed by atoms with Crippen molar-refractivity contribution in [3.8, 4) is 0 Å². The lowest BCUT2D eigenvalue weighted by Gasteiger charge is -2.28. The first-order valence-corrected chi connectivity index (χ1v) is 9.80. The van der Waals surface area contributed by atoms with E-state index in [4.69, 9.17) is 0 Å². The van der Waals surface area contributed by atoms with Crippen molar-refractivity contribution in [1.82, 2.24) is 5.32 Å². The summed E-state index contributed by atoms with van der Waals surface area (Å²) in [6, 6.07) is 9.48. The van der Waals surface area contributed by atoms with Gasteiger partial charge in [-0.15, -0.1) is 0 Å². The number of nitrogens with one attached hydrogen (secondary N) is 1. The highest BCUT2D eigenvalue weighted by Gasteiger charge is 2.19. The van der Waals surface area contributed by atoms with Crippen LogP contribution in [0.5, 0.6) is 0 Å². The Bertz CT molecular complexity index is 644. The van der Waals surface area contributed by atoms with Crippen molar-refractivity contribution < 1.29 is 0 Å². The number of rotatable bonds is 7. The summed E-state index contributed by atoms with van der Waals surface area (Å²) in [4.78, 5) is 0. The van der Waals surface area contributed by atoms with Crippen molar-refractivity contribution in [1.29, 1.82) is 0 Å². The summed E-state index contributed by atoms with van der Waals surface area (Å²) in [5.41, 5.74) is 6.72. The van der Waals surface area contributed by atoms with E-state index in [-0.39, 0.29) is 0 Å². The van der Waals surface area contributed by atoms with Crippen molar-refractivity contribution in [2.24, 2.45) is 5.92 Å². The average Bonchev–Trinajstić information content (AvgIpc) is 2.59. The minimum atomic E-state index is 0.416. The molecule has 0 aromatic heterocycles. The van der Waals surface area contributed by atoms with Crippen LogP contribution in [0.2, 0.25) is 0 Å². The molecule has 0 fully saturated rings. The fourth-order valence-corrected chi connectivity index (χ4v) is 3.64. The highest BCUT2D eigenvalue weighted by Crippen LogP contribution is 2.29. The lowest BCUT2D eigenvalue weighted by atomic mass is 9.86. The summed E-state index contributed by atoms with van der Waals surface area (Å²) in [6.07, 6.45) is 9.28. The Morgan fingerprint density at radius 1 is 1.20 bits per heavy atom. The maximum absolute atomic E-state index is 4.32. The van der Waals surface area contributed by atoms with E-state index in [0.29, 0.717) is 17.9 Å². The van der Waals surface area contributed by atoms with E-state index in [1.165, 1.54) is 40.8 Å². The molecule has 0 amide bonds. The second-order valence-electron chi connectivity index (χ2n) is 7.99. The van der Waals surface area contributed by atoms with Gasteiger partial charge in [-0.3, -0.25) is 0 Å². The molecule has 1 aliphatic rings. The molecule has 0 spiro atoms. The van der Waals surface area contributed by atoms with Crippen molar-refractivity contribution in [3.05, 3.63) is 71.0 Å². The van der Waals surface area contributed by atoms with Crippen molar-refractivity contribution >= 4 is 0 Å². The zero-order valence-corrected chi connectivity index (χ0v) is 16.7. The lowest BCUT2D eigenvalue weighted by Crippen LogP contribution is -2.30. The summed E-state index contributed by atoms with van der Waals surface area (Å²) in [6.45, 7) is 15.4. The van der Waals surface area contributed by atoms with Gasteiger partial charge in [0.2, 0.25) is 0 Å². The second kappa shape index (κ2) is 9.08. The Hall–Kier alpha value is -1.76. The van der Waals surface area contributed by atoms with Crippen LogP contribution in [-0.4, -0.2) is 6.04 Å². The van der Waals surface area contributed by atoms with Crippen molar-refractivity contribution in [3.63, 3.8) is 0 Å². The van der Waals surface area contributed by atoms with Crippen LogP contribution in [0.1, 0.15) is 70.9 Å². The van der Waals surface area contributed by atoms with Gasteiger partial charge >= 0.3 is 0 Å². The zero-order valence-electron chi connectivity index (χ0n) is 16.7. The number of aryl methyl sites for hydroxylation is 1. The molecule has 136 valence electrons. The summed E-state index contributed by atoms with van der Waals surface area (Å²) >= 11 is 0. The fraction of sp³-hybridized carbons (Fsp3) is 0.500. The highest BCUT2D eigenvalue weighted by atomic mass is 14.9. The third-order valence-electron chi connectivity index (χ3n) is 4.99. The van der Waals surface area contributed by atoms with Gasteiger partial charge in [-0.25, -0.2) is 0 Å². The zero-order chi connectivity index (χ0) is 18.4. The first kappa shape index (κ1) is 19.6. The molecule has 2 atom stereocenters. The lowest BCUT2D eigenvalue weighted by molar-refractivity contribution is 0.532. The minimum Gasteiger partial charge on any atom is -0.379 e. The van der Waals surface area contributed by atoms with E-state index >= 15 is 0 Å². The Kier molecular flexibility index (Phi) is 7.11. The van der Waals surface area contributed by atoms with E-state index in [0.717, 1.165) is 12.8 Å². The molecule has 0 radical (unpaired) electrons. The third-order valence-corrected chi connectivity index (χ3v) is 4.99. The van der Waals surface area contributed by atoms with Gasteiger partial charge in [0.15, 0.2) is 0 Å². The molecule has 1 aliphatic carbocycles. The predicted molar refractivity (Wildman–Crippen MR) is 111 cm³/mol. The van der Waals surface area contributed by atoms with E-state index < -0.39 is 0 Å². The van der Waals surface area contributed by atoms with E-state index in [1.54, 1.807) is 0 Å². The van der Waals surface area contributed by atoms with Crippen LogP contribution >= 0.6 is 0 Å². The van der Waals surface area contributed by atoms with Gasteiger partial charge in [-0.1, -0.05) is 69.3 Å². The Morgan fingerprint density at radius 2 is 1.96 bits per heavy atom. The summed E-state index contributed by atoms with van der Waals surface area (Å²) in [7, 11) is 0. The largest absolute Gasteiger partial charge is 0.379 e. The van der Waals surface area contributed by atoms with Crippen molar-refractivity contribution in [2.45, 2.75) is 72.3 Å². The molecule has 1 aromatic rings. The monoisotopic (exact) mass is 337 g/mol. The third kappa shape index (κ3) is 5.63. The van der Waals surface area contributed by atoms with Crippen molar-refractivity contribution in [2.75, 3.05) is 0 Å². The van der Waals surface area contributed by atoms with Gasteiger partial charge in [-0.2, -0.15) is 0 Å². The summed E-state index contributed by atoms with van der Waals surface area (Å²) in [5.74, 6) is 1.19. The molecule has 0 heterocycles. The summed E-state index contributed by atoms with van der Waals surface area (Å²) < 4.78 is 0. The molecular formula is C24H35N. The topological polar surface area (TPSA) is 12.0 Å². The van der Waals surface area contributed by atoms with Crippen LogP contribution in [0.25, 0.3) is 0 Å². The number of hydrogen-bond donors (Lipinski definition) is 1. The Balaban J connectivity index is 2.04.